The molecule has 4 atom stereocenters. The predicted molar refractivity (Wildman–Crippen MR) is 64.2 cm³/mol. The van der Waals surface area contributed by atoms with E-state index in [-0.39, 0.29) is 24.4 Å². The molecule has 2 radical (unpaired) electrons. The van der Waals surface area contributed by atoms with E-state index in [1.54, 1.807) is 0 Å². The van der Waals surface area contributed by atoms with Gasteiger partial charge in [0.1, 0.15) is 25.7 Å². The summed E-state index contributed by atoms with van der Waals surface area (Å²) in [5.41, 5.74) is -0.529. The van der Waals surface area contributed by atoms with E-state index in [2.05, 4.69) is 0 Å². The van der Waals surface area contributed by atoms with Gasteiger partial charge in [-0.2, -0.15) is 0 Å². The third-order valence-electron chi connectivity index (χ3n) is 3.11. The molecule has 0 aliphatic carbocycles. The van der Waals surface area contributed by atoms with Crippen LogP contribution in [0, 0.1) is 0 Å². The molecule has 4 nitrogen and oxygen atoms in total. The lowest BCUT2D eigenvalue weighted by Gasteiger charge is -2.31. The summed E-state index contributed by atoms with van der Waals surface area (Å²) in [6, 6.07) is -0.414. The van der Waals surface area contributed by atoms with Gasteiger partial charge in [0.25, 0.3) is 0 Å². The third kappa shape index (κ3) is 2.52. The van der Waals surface area contributed by atoms with Crippen molar-refractivity contribution < 1.29 is 18.9 Å². The van der Waals surface area contributed by atoms with Crippen LogP contribution in [0.4, 0.5) is 0 Å². The first-order valence-electron chi connectivity index (χ1n) is 6.27. The molecular weight excluding hydrogens is 219 g/mol. The van der Waals surface area contributed by atoms with Crippen LogP contribution in [0.3, 0.4) is 0 Å². The van der Waals surface area contributed by atoms with Gasteiger partial charge in [-0.05, 0) is 27.7 Å². The average molecular weight is 240 g/mol. The molecule has 2 aliphatic rings. The van der Waals surface area contributed by atoms with Gasteiger partial charge in [0.15, 0.2) is 0 Å². The maximum atomic E-state index is 5.89. The summed E-state index contributed by atoms with van der Waals surface area (Å²) in [5, 5.41) is 0. The summed E-state index contributed by atoms with van der Waals surface area (Å²) in [6.07, 6.45) is -0.0236. The topological polar surface area (TPSA) is 36.9 Å². The van der Waals surface area contributed by atoms with E-state index in [0.717, 1.165) is 0 Å². The zero-order chi connectivity index (χ0) is 12.6. The molecule has 2 fully saturated rings. The Morgan fingerprint density at radius 1 is 1.29 bits per heavy atom. The zero-order valence-corrected chi connectivity index (χ0v) is 11.0. The molecule has 5 heteroatoms. The van der Waals surface area contributed by atoms with Crippen molar-refractivity contribution in [2.75, 3.05) is 13.2 Å². The monoisotopic (exact) mass is 240 g/mol. The second-order valence-electron chi connectivity index (χ2n) is 5.39. The number of fused-ring (bicyclic) bond motifs is 2. The van der Waals surface area contributed by atoms with E-state index in [9.17, 15) is 0 Å². The van der Waals surface area contributed by atoms with Crippen molar-refractivity contribution in [3.63, 3.8) is 0 Å². The van der Waals surface area contributed by atoms with Crippen molar-refractivity contribution in [1.82, 2.24) is 0 Å². The normalized spacial score (nSPS) is 40.7. The van der Waals surface area contributed by atoms with Crippen LogP contribution in [0.2, 0.25) is 0 Å². The van der Waals surface area contributed by atoms with Gasteiger partial charge in [-0.15, -0.1) is 0 Å². The van der Waals surface area contributed by atoms with E-state index in [1.165, 1.54) is 0 Å². The fraction of sp³-hybridized carbons (Fsp3) is 1.00. The van der Waals surface area contributed by atoms with Crippen LogP contribution in [0.25, 0.3) is 0 Å². The van der Waals surface area contributed by atoms with Crippen LogP contribution in [0.15, 0.2) is 0 Å². The van der Waals surface area contributed by atoms with Gasteiger partial charge in [0.2, 0.25) is 0 Å². The lowest BCUT2D eigenvalue weighted by molar-refractivity contribution is -0.161. The molecule has 2 saturated heterocycles. The highest BCUT2D eigenvalue weighted by molar-refractivity contribution is 6.11. The SMILES string of the molecule is [B][C@@H]1O[C@]2(COC(C)C)CO[C@H]1C2OC(C)C. The fourth-order valence-corrected chi connectivity index (χ4v) is 2.37. The Balaban J connectivity index is 2.07. The Kier molecular flexibility index (Phi) is 3.83. The van der Waals surface area contributed by atoms with E-state index < -0.39 is 11.6 Å². The fourth-order valence-electron chi connectivity index (χ4n) is 2.37. The minimum Gasteiger partial charge on any atom is -0.376 e. The Hall–Kier alpha value is -0.0951. The molecule has 0 saturated carbocycles. The molecular formula is C12H21BO4. The predicted octanol–water partition coefficient (Wildman–Crippen LogP) is 0.867. The van der Waals surface area contributed by atoms with Crippen molar-refractivity contribution >= 4 is 7.85 Å². The molecule has 2 heterocycles. The first-order chi connectivity index (χ1) is 7.94. The van der Waals surface area contributed by atoms with Crippen LogP contribution < -0.4 is 0 Å². The van der Waals surface area contributed by atoms with E-state index in [1.807, 2.05) is 27.7 Å². The van der Waals surface area contributed by atoms with Crippen molar-refractivity contribution in [3.05, 3.63) is 0 Å². The highest BCUT2D eigenvalue weighted by Gasteiger charge is 2.61. The number of hydrogen-bond acceptors (Lipinski definition) is 4. The minimum absolute atomic E-state index is 0.122. The van der Waals surface area contributed by atoms with Crippen molar-refractivity contribution in [1.29, 1.82) is 0 Å². The smallest absolute Gasteiger partial charge is 0.143 e. The lowest BCUT2D eigenvalue weighted by Crippen LogP contribution is -2.47. The lowest BCUT2D eigenvalue weighted by atomic mass is 9.91. The zero-order valence-electron chi connectivity index (χ0n) is 11.0. The van der Waals surface area contributed by atoms with Crippen LogP contribution in [-0.4, -0.2) is 57.1 Å². The van der Waals surface area contributed by atoms with Gasteiger partial charge >= 0.3 is 0 Å². The standard InChI is InChI=1S/C12H21BO4/c1-7(2)14-5-12-6-15-9(11(13)17-12)10(12)16-8(3)4/h7-11H,5-6H2,1-4H3/t9-,10?,11+,12+/m0/s1. The van der Waals surface area contributed by atoms with Gasteiger partial charge < -0.3 is 18.9 Å². The molecule has 2 bridgehead atoms. The van der Waals surface area contributed by atoms with Crippen LogP contribution in [0.1, 0.15) is 27.7 Å². The molecule has 0 aromatic carbocycles. The number of hydrogen-bond donors (Lipinski definition) is 0. The van der Waals surface area contributed by atoms with E-state index in [4.69, 9.17) is 26.8 Å². The molecule has 0 amide bonds. The van der Waals surface area contributed by atoms with Gasteiger partial charge in [-0.25, -0.2) is 0 Å². The second-order valence-corrected chi connectivity index (χ2v) is 5.39. The summed E-state index contributed by atoms with van der Waals surface area (Å²) in [4.78, 5) is 0. The number of ether oxygens (including phenoxy) is 4. The van der Waals surface area contributed by atoms with E-state index in [0.29, 0.717) is 13.2 Å². The number of rotatable bonds is 5. The van der Waals surface area contributed by atoms with Crippen molar-refractivity contribution in [2.45, 2.75) is 63.7 Å². The van der Waals surface area contributed by atoms with Gasteiger partial charge in [-0.1, -0.05) is 0 Å². The molecule has 0 aromatic rings. The molecule has 2 rings (SSSR count). The Morgan fingerprint density at radius 3 is 2.53 bits per heavy atom. The summed E-state index contributed by atoms with van der Waals surface area (Å²) in [5.74, 6) is 0. The summed E-state index contributed by atoms with van der Waals surface area (Å²) < 4.78 is 23.0. The Morgan fingerprint density at radius 2 is 2.00 bits per heavy atom. The maximum absolute atomic E-state index is 5.89. The molecule has 1 unspecified atom stereocenters. The van der Waals surface area contributed by atoms with Gasteiger partial charge in [0.05, 0.1) is 25.4 Å². The third-order valence-corrected chi connectivity index (χ3v) is 3.11. The molecule has 96 valence electrons. The first-order valence-corrected chi connectivity index (χ1v) is 6.27. The Bertz CT molecular complexity index is 271. The quantitative estimate of drug-likeness (QED) is 0.668. The minimum atomic E-state index is -0.529. The molecule has 0 aromatic heterocycles. The Labute approximate surface area is 104 Å². The molecule has 0 N–H and O–H groups in total. The average Bonchev–Trinajstić information content (AvgIpc) is 2.67. The van der Waals surface area contributed by atoms with Crippen molar-refractivity contribution in [2.24, 2.45) is 0 Å². The highest BCUT2D eigenvalue weighted by atomic mass is 16.7. The van der Waals surface area contributed by atoms with Crippen LogP contribution in [0.5, 0.6) is 0 Å². The molecule has 2 aliphatic heterocycles. The van der Waals surface area contributed by atoms with Gasteiger partial charge in [0, 0.05) is 6.00 Å². The second kappa shape index (κ2) is 4.88. The molecule has 17 heavy (non-hydrogen) atoms. The largest absolute Gasteiger partial charge is 0.376 e. The molecule has 0 spiro atoms. The summed E-state index contributed by atoms with van der Waals surface area (Å²) in [7, 11) is 5.89. The maximum Gasteiger partial charge on any atom is 0.143 e. The highest BCUT2D eigenvalue weighted by Crippen LogP contribution is 2.41. The van der Waals surface area contributed by atoms with Crippen LogP contribution >= 0.6 is 0 Å². The van der Waals surface area contributed by atoms with Crippen LogP contribution in [-0.2, 0) is 18.9 Å². The van der Waals surface area contributed by atoms with Gasteiger partial charge in [-0.3, -0.25) is 0 Å². The van der Waals surface area contributed by atoms with E-state index >= 15 is 0 Å². The summed E-state index contributed by atoms with van der Waals surface area (Å²) >= 11 is 0. The summed E-state index contributed by atoms with van der Waals surface area (Å²) in [6.45, 7) is 8.95. The van der Waals surface area contributed by atoms with Crippen molar-refractivity contribution in [3.8, 4) is 0 Å². The first kappa shape index (κ1) is 13.3.